The molecule has 0 aliphatic heterocycles. The predicted molar refractivity (Wildman–Crippen MR) is 138 cm³/mol. The SMILES string of the molecule is CCC(CCCOc1c(-c2cc(C(=O)OC)cc(C)n2)cnn1C)CNc1cc(Br)ccc1N. The number of anilines is 2. The Hall–Kier alpha value is -3.07. The second kappa shape index (κ2) is 11.9. The van der Waals surface area contributed by atoms with Crippen molar-refractivity contribution in [2.45, 2.75) is 33.1 Å². The lowest BCUT2D eigenvalue weighted by atomic mass is 10.0. The molecule has 0 aliphatic rings. The van der Waals surface area contributed by atoms with Crippen molar-refractivity contribution in [3.05, 3.63) is 52.3 Å². The number of aryl methyl sites for hydroxylation is 2. The molecule has 0 saturated heterocycles. The molecule has 0 saturated carbocycles. The van der Waals surface area contributed by atoms with E-state index in [0.29, 0.717) is 29.7 Å². The van der Waals surface area contributed by atoms with E-state index in [9.17, 15) is 4.79 Å². The van der Waals surface area contributed by atoms with Gasteiger partial charge in [-0.15, -0.1) is 0 Å². The van der Waals surface area contributed by atoms with E-state index in [2.05, 4.69) is 38.3 Å². The van der Waals surface area contributed by atoms with Gasteiger partial charge in [0.15, 0.2) is 0 Å². The minimum absolute atomic E-state index is 0.401. The second-order valence-corrected chi connectivity index (χ2v) is 9.15. The van der Waals surface area contributed by atoms with Crippen LogP contribution in [0.15, 0.2) is 41.0 Å². The maximum atomic E-state index is 12.0. The van der Waals surface area contributed by atoms with Gasteiger partial charge in [0, 0.05) is 23.8 Å². The van der Waals surface area contributed by atoms with Gasteiger partial charge in [0.2, 0.25) is 5.88 Å². The van der Waals surface area contributed by atoms with Gasteiger partial charge in [-0.2, -0.15) is 5.10 Å². The highest BCUT2D eigenvalue weighted by Gasteiger charge is 2.17. The zero-order valence-electron chi connectivity index (χ0n) is 20.1. The summed E-state index contributed by atoms with van der Waals surface area (Å²) in [7, 11) is 3.19. The molecule has 0 spiro atoms. The van der Waals surface area contributed by atoms with E-state index < -0.39 is 5.97 Å². The summed E-state index contributed by atoms with van der Waals surface area (Å²) < 4.78 is 13.7. The first kappa shape index (κ1) is 25.6. The van der Waals surface area contributed by atoms with Gasteiger partial charge < -0.3 is 20.5 Å². The van der Waals surface area contributed by atoms with Gasteiger partial charge in [0.1, 0.15) is 0 Å². The Morgan fingerprint density at radius 2 is 2.09 bits per heavy atom. The lowest BCUT2D eigenvalue weighted by molar-refractivity contribution is 0.0600. The van der Waals surface area contributed by atoms with Crippen molar-refractivity contribution in [3.63, 3.8) is 0 Å². The number of methoxy groups -OCH3 is 1. The summed E-state index contributed by atoms with van der Waals surface area (Å²) in [6, 6.07) is 9.23. The van der Waals surface area contributed by atoms with Crippen molar-refractivity contribution < 1.29 is 14.3 Å². The molecule has 1 aromatic carbocycles. The van der Waals surface area contributed by atoms with E-state index in [1.165, 1.54) is 7.11 Å². The number of benzene rings is 1. The molecular weight excluding hydrogens is 498 g/mol. The molecule has 3 rings (SSSR count). The van der Waals surface area contributed by atoms with E-state index >= 15 is 0 Å². The van der Waals surface area contributed by atoms with Gasteiger partial charge in [0.25, 0.3) is 0 Å². The number of aromatic nitrogens is 3. The molecule has 8 nitrogen and oxygen atoms in total. The van der Waals surface area contributed by atoms with Crippen LogP contribution in [0.5, 0.6) is 5.88 Å². The number of carbonyl (C=O) groups excluding carboxylic acids is 1. The third-order valence-electron chi connectivity index (χ3n) is 5.70. The first-order chi connectivity index (χ1) is 16.3. The number of pyridine rings is 1. The third-order valence-corrected chi connectivity index (χ3v) is 6.20. The molecule has 3 aromatic rings. The number of nitrogens with two attached hydrogens (primary N) is 1. The number of hydrogen-bond acceptors (Lipinski definition) is 7. The number of carbonyl (C=O) groups is 1. The van der Waals surface area contributed by atoms with E-state index in [4.69, 9.17) is 15.2 Å². The van der Waals surface area contributed by atoms with E-state index in [1.54, 1.807) is 23.0 Å². The molecule has 0 aliphatic carbocycles. The summed E-state index contributed by atoms with van der Waals surface area (Å²) in [5.74, 6) is 0.720. The standard InChI is InChI=1S/C25H32BrN5O3/c1-5-17(14-28-23-13-19(26)8-9-21(23)27)7-6-10-34-24-20(15-29-31(24)3)22-12-18(25(32)33-4)11-16(2)30-22/h8-9,11-13,15,17,28H,5-7,10,14,27H2,1-4H3. The largest absolute Gasteiger partial charge is 0.477 e. The lowest BCUT2D eigenvalue weighted by Crippen LogP contribution is -2.16. The fourth-order valence-electron chi connectivity index (χ4n) is 3.74. The van der Waals surface area contributed by atoms with Crippen LogP contribution in [0.2, 0.25) is 0 Å². The molecule has 1 unspecified atom stereocenters. The normalized spacial score (nSPS) is 11.8. The Balaban J connectivity index is 1.59. The number of halogens is 1. The van der Waals surface area contributed by atoms with E-state index in [-0.39, 0.29) is 0 Å². The topological polar surface area (TPSA) is 104 Å². The first-order valence-corrected chi connectivity index (χ1v) is 12.1. The Morgan fingerprint density at radius 3 is 2.82 bits per heavy atom. The molecular formula is C25H32BrN5O3. The summed E-state index contributed by atoms with van der Waals surface area (Å²) in [4.78, 5) is 16.6. The molecule has 0 bridgehead atoms. The highest BCUT2D eigenvalue weighted by Crippen LogP contribution is 2.30. The smallest absolute Gasteiger partial charge is 0.337 e. The minimum Gasteiger partial charge on any atom is -0.477 e. The summed E-state index contributed by atoms with van der Waals surface area (Å²) in [5.41, 5.74) is 10.3. The number of nitrogens with one attached hydrogen (secondary N) is 1. The zero-order valence-corrected chi connectivity index (χ0v) is 21.7. The van der Waals surface area contributed by atoms with Crippen LogP contribution in [-0.4, -0.2) is 41.0 Å². The minimum atomic E-state index is -0.401. The monoisotopic (exact) mass is 529 g/mol. The van der Waals surface area contributed by atoms with E-state index in [0.717, 1.165) is 52.9 Å². The average molecular weight is 530 g/mol. The van der Waals surface area contributed by atoms with Crippen molar-refractivity contribution >= 4 is 33.3 Å². The van der Waals surface area contributed by atoms with Gasteiger partial charge in [-0.25, -0.2) is 9.48 Å². The highest BCUT2D eigenvalue weighted by atomic mass is 79.9. The Labute approximate surface area is 209 Å². The molecule has 2 heterocycles. The predicted octanol–water partition coefficient (Wildman–Crippen LogP) is 5.22. The van der Waals surface area contributed by atoms with Crippen molar-refractivity contribution in [1.29, 1.82) is 0 Å². The van der Waals surface area contributed by atoms with Crippen LogP contribution in [-0.2, 0) is 11.8 Å². The molecule has 1 atom stereocenters. The molecule has 0 fully saturated rings. The van der Waals surface area contributed by atoms with Gasteiger partial charge in [-0.05, 0) is 56.0 Å². The molecule has 3 N–H and O–H groups in total. The molecule has 9 heteroatoms. The summed E-state index contributed by atoms with van der Waals surface area (Å²) in [5, 5.41) is 7.80. The maximum Gasteiger partial charge on any atom is 0.337 e. The van der Waals surface area contributed by atoms with Crippen LogP contribution < -0.4 is 15.8 Å². The summed E-state index contributed by atoms with van der Waals surface area (Å²) in [6.07, 6.45) is 4.67. The number of rotatable bonds is 11. The maximum absolute atomic E-state index is 12.0. The lowest BCUT2D eigenvalue weighted by Gasteiger charge is -2.18. The second-order valence-electron chi connectivity index (χ2n) is 8.24. The molecule has 0 amide bonds. The van der Waals surface area contributed by atoms with Crippen LogP contribution in [0, 0.1) is 12.8 Å². The third kappa shape index (κ3) is 6.50. The van der Waals surface area contributed by atoms with Gasteiger partial charge in [0.05, 0.1) is 48.1 Å². The quantitative estimate of drug-likeness (QED) is 0.199. The highest BCUT2D eigenvalue weighted by molar-refractivity contribution is 9.10. The molecule has 0 radical (unpaired) electrons. The van der Waals surface area contributed by atoms with E-state index in [1.807, 2.05) is 32.2 Å². The molecule has 34 heavy (non-hydrogen) atoms. The Bertz CT molecular complexity index is 1130. The van der Waals surface area contributed by atoms with Gasteiger partial charge >= 0.3 is 5.97 Å². The summed E-state index contributed by atoms with van der Waals surface area (Å²) >= 11 is 3.49. The van der Waals surface area contributed by atoms with Crippen LogP contribution in [0.1, 0.15) is 42.2 Å². The van der Waals surface area contributed by atoms with Gasteiger partial charge in [-0.3, -0.25) is 4.98 Å². The fourth-order valence-corrected chi connectivity index (χ4v) is 4.10. The fraction of sp³-hybridized carbons (Fsp3) is 0.400. The van der Waals surface area contributed by atoms with Crippen LogP contribution in [0.4, 0.5) is 11.4 Å². The van der Waals surface area contributed by atoms with Crippen molar-refractivity contribution in [1.82, 2.24) is 14.8 Å². The zero-order chi connectivity index (χ0) is 24.7. The Kier molecular flexibility index (Phi) is 8.92. The number of esters is 1. The van der Waals surface area contributed by atoms with Crippen LogP contribution in [0.25, 0.3) is 11.3 Å². The molecule has 182 valence electrons. The average Bonchev–Trinajstić information content (AvgIpc) is 3.19. The Morgan fingerprint density at radius 1 is 1.29 bits per heavy atom. The number of ether oxygens (including phenoxy) is 2. The summed E-state index contributed by atoms with van der Waals surface area (Å²) in [6.45, 7) is 5.43. The van der Waals surface area contributed by atoms with Gasteiger partial charge in [-0.1, -0.05) is 29.3 Å². The number of nitrogen functional groups attached to an aromatic ring is 1. The van der Waals surface area contributed by atoms with Crippen molar-refractivity contribution in [2.24, 2.45) is 13.0 Å². The number of nitrogens with zero attached hydrogens (tertiary/aromatic N) is 3. The number of hydrogen-bond donors (Lipinski definition) is 2. The first-order valence-electron chi connectivity index (χ1n) is 11.3. The van der Waals surface area contributed by atoms with Crippen LogP contribution in [0.3, 0.4) is 0 Å². The van der Waals surface area contributed by atoms with Crippen molar-refractivity contribution in [2.75, 3.05) is 31.3 Å². The molecule has 2 aromatic heterocycles. The van der Waals surface area contributed by atoms with Crippen molar-refractivity contribution in [3.8, 4) is 17.1 Å². The van der Waals surface area contributed by atoms with Crippen LogP contribution >= 0.6 is 15.9 Å².